The lowest BCUT2D eigenvalue weighted by molar-refractivity contribution is -0.157. The molecule has 1 fully saturated rings. The summed E-state index contributed by atoms with van der Waals surface area (Å²) in [7, 11) is 8.04. The molecule has 7 N–H and O–H groups in total. The van der Waals surface area contributed by atoms with Gasteiger partial charge in [-0.3, -0.25) is 47.9 Å². The van der Waals surface area contributed by atoms with Crippen molar-refractivity contribution in [2.24, 2.45) is 35.5 Å². The molecule has 1 heterocycles. The molecule has 0 bridgehead atoms. The second-order valence-corrected chi connectivity index (χ2v) is 23.4. The number of ether oxygens (including phenoxy) is 1. The smallest absolute Gasteiger partial charge is 0.326 e. The van der Waals surface area contributed by atoms with Gasteiger partial charge in [-0.1, -0.05) is 108 Å². The number of likely N-dealkylation sites (tertiary alicyclic amines) is 1. The molecule has 0 radical (unpaired) electrons. The van der Waals surface area contributed by atoms with Gasteiger partial charge in [0.25, 0.3) is 5.91 Å². The first kappa shape index (κ1) is 72.2. The highest BCUT2D eigenvalue weighted by Crippen LogP contribution is 2.27. The second-order valence-electron chi connectivity index (χ2n) is 23.4. The minimum Gasteiger partial charge on any atom is -0.497 e. The number of rotatable bonds is 31. The van der Waals surface area contributed by atoms with Crippen molar-refractivity contribution in [2.75, 3.05) is 55.4 Å². The molecule has 0 saturated carbocycles. The number of β-amino-alcohol motifs (C(OH)–C–C–N with tert-alkyl or cyclic N) is 1. The third kappa shape index (κ3) is 18.8. The fourth-order valence-corrected chi connectivity index (χ4v) is 10.4. The number of nitrogens with zero attached hydrogens (tertiary/aromatic N) is 6. The maximum atomic E-state index is 14.9. The van der Waals surface area contributed by atoms with Crippen LogP contribution in [0.1, 0.15) is 114 Å². The van der Waals surface area contributed by atoms with E-state index in [1.165, 1.54) is 42.3 Å². The summed E-state index contributed by atoms with van der Waals surface area (Å²) in [6.07, 6.45) is -2.99. The van der Waals surface area contributed by atoms with Crippen LogP contribution in [0.4, 0.5) is 0 Å². The first-order valence-electron chi connectivity index (χ1n) is 28.5. The summed E-state index contributed by atoms with van der Waals surface area (Å²) in [6, 6.07) is -4.03. The van der Waals surface area contributed by atoms with Gasteiger partial charge in [-0.15, -0.1) is 0 Å². The Hall–Kier alpha value is -6.89. The topological polar surface area (TPSA) is 333 Å². The normalized spacial score (nSPS) is 17.9. The van der Waals surface area contributed by atoms with E-state index in [2.05, 4.69) is 16.0 Å². The van der Waals surface area contributed by atoms with E-state index in [0.717, 1.165) is 29.4 Å². The number of methoxy groups -OCH3 is 1. The highest BCUT2D eigenvalue weighted by Gasteiger charge is 2.47. The standard InChI is InChI=1S/C58H95N9O16/c1-19-34(11)47(50(73)59-28-42(69)63(14)45(31(5)6)51(74)60-39(58(81)82)25-36-21-23-38(83-18)24-22-36)65(16)56(79)48(35(12)20-2)66(17)53(76)40(27-43(70)71)62(13)55(78)44(30(3)4)61-52(75)46(32(7)8)64(15)54(77)41-26-37(68)29-67(41)57(80)49(72)33(9)10/h21-24,30-35,37,39-41,44-49,68,72H,19-20,25-29H2,1-18H3,(H,59,73)(H,60,74)(H,61,75)(H,70,71)(H,81,82)/t34-,35-,37+,39-,40-,41-,44-,45-,46-,47-,48-,49-/m0/s1. The molecule has 0 unspecified atom stereocenters. The molecule has 1 aliphatic heterocycles. The Labute approximate surface area is 489 Å². The molecule has 25 nitrogen and oxygen atoms in total. The Balaban J connectivity index is 2.42. The summed E-state index contributed by atoms with van der Waals surface area (Å²) < 4.78 is 5.17. The quantitative estimate of drug-likeness (QED) is 0.0547. The third-order valence-electron chi connectivity index (χ3n) is 15.9. The Kier molecular flexibility index (Phi) is 28.1. The van der Waals surface area contributed by atoms with E-state index < -0.39 is 174 Å². The van der Waals surface area contributed by atoms with E-state index in [1.807, 2.05) is 0 Å². The van der Waals surface area contributed by atoms with Crippen molar-refractivity contribution in [1.29, 1.82) is 0 Å². The van der Waals surface area contributed by atoms with Gasteiger partial charge in [-0.2, -0.15) is 0 Å². The lowest BCUT2D eigenvalue weighted by Gasteiger charge is -2.41. The molecule has 0 aliphatic carbocycles. The maximum Gasteiger partial charge on any atom is 0.326 e. The molecule has 1 aliphatic rings. The van der Waals surface area contributed by atoms with E-state index >= 15 is 0 Å². The fraction of sp³-hybridized carbons (Fsp3) is 0.707. The molecule has 83 heavy (non-hydrogen) atoms. The number of hydrogen-bond donors (Lipinski definition) is 7. The predicted molar refractivity (Wildman–Crippen MR) is 307 cm³/mol. The first-order valence-corrected chi connectivity index (χ1v) is 28.5. The molecular formula is C58H95N9O16. The van der Waals surface area contributed by atoms with Gasteiger partial charge >= 0.3 is 11.9 Å². The van der Waals surface area contributed by atoms with Gasteiger partial charge in [-0.05, 0) is 53.2 Å². The molecule has 1 aromatic carbocycles. The van der Waals surface area contributed by atoms with Crippen molar-refractivity contribution in [2.45, 2.75) is 176 Å². The minimum atomic E-state index is -1.74. The monoisotopic (exact) mass is 1170 g/mol. The molecule has 2 rings (SSSR count). The van der Waals surface area contributed by atoms with E-state index in [4.69, 9.17) is 4.74 Å². The second kappa shape index (κ2) is 32.2. The number of benzene rings is 1. The number of amides is 9. The molecule has 1 saturated heterocycles. The number of aliphatic hydroxyl groups is 2. The number of carbonyl (C=O) groups excluding carboxylic acids is 9. The van der Waals surface area contributed by atoms with E-state index in [-0.39, 0.29) is 19.4 Å². The Morgan fingerprint density at radius 2 is 1.13 bits per heavy atom. The van der Waals surface area contributed by atoms with Crippen LogP contribution in [-0.4, -0.2) is 231 Å². The van der Waals surface area contributed by atoms with Gasteiger partial charge in [0, 0.05) is 54.6 Å². The zero-order valence-corrected chi connectivity index (χ0v) is 51.9. The van der Waals surface area contributed by atoms with Crippen molar-refractivity contribution >= 4 is 65.1 Å². The van der Waals surface area contributed by atoms with Crippen LogP contribution in [0.15, 0.2) is 24.3 Å². The summed E-state index contributed by atoms with van der Waals surface area (Å²) in [5, 5.41) is 49.1. The van der Waals surface area contributed by atoms with Crippen molar-refractivity contribution in [1.82, 2.24) is 45.3 Å². The molecule has 9 amide bonds. The highest BCUT2D eigenvalue weighted by molar-refractivity contribution is 5.99. The Bertz CT molecular complexity index is 2440. The zero-order valence-electron chi connectivity index (χ0n) is 51.9. The number of hydrogen-bond acceptors (Lipinski definition) is 14. The van der Waals surface area contributed by atoms with Crippen LogP contribution in [0.2, 0.25) is 0 Å². The number of aliphatic carboxylic acids is 2. The molecule has 1 aromatic rings. The van der Waals surface area contributed by atoms with Crippen LogP contribution in [0.5, 0.6) is 5.75 Å². The number of nitrogens with one attached hydrogen (secondary N) is 3. The number of likely N-dealkylation sites (N-methyl/N-ethyl adjacent to an activating group) is 5. The van der Waals surface area contributed by atoms with Crippen LogP contribution in [0, 0.1) is 35.5 Å². The summed E-state index contributed by atoms with van der Waals surface area (Å²) in [5.41, 5.74) is 0.609. The summed E-state index contributed by atoms with van der Waals surface area (Å²) in [6.45, 7) is 19.2. The summed E-state index contributed by atoms with van der Waals surface area (Å²) in [5.74, 6) is -12.6. The zero-order chi connectivity index (χ0) is 63.8. The highest BCUT2D eigenvalue weighted by atomic mass is 16.5. The number of carbonyl (C=O) groups is 11. The third-order valence-corrected chi connectivity index (χ3v) is 15.9. The van der Waals surface area contributed by atoms with Gasteiger partial charge < -0.3 is 70.5 Å². The average molecular weight is 1170 g/mol. The molecule has 0 aromatic heterocycles. The summed E-state index contributed by atoms with van der Waals surface area (Å²) in [4.78, 5) is 159. The lowest BCUT2D eigenvalue weighted by Crippen LogP contribution is -2.62. The summed E-state index contributed by atoms with van der Waals surface area (Å²) >= 11 is 0. The van der Waals surface area contributed by atoms with E-state index in [9.17, 15) is 73.2 Å². The molecular weight excluding hydrogens is 1080 g/mol. The van der Waals surface area contributed by atoms with Gasteiger partial charge in [-0.25, -0.2) is 4.79 Å². The van der Waals surface area contributed by atoms with Crippen molar-refractivity contribution in [3.63, 3.8) is 0 Å². The van der Waals surface area contributed by atoms with Crippen LogP contribution >= 0.6 is 0 Å². The number of carboxylic acid groups (broad SMARTS) is 2. The SMILES string of the molecule is CC[C@H](C)[C@@H](C(=O)NCC(=O)N(C)[C@H](C(=O)N[C@@H](Cc1ccc(OC)cc1)C(=O)O)C(C)C)N(C)C(=O)[C@H]([C@@H](C)CC)N(C)C(=O)[C@H](CC(=O)O)N(C)C(=O)[C@@H](NC(=O)[C@H](C(C)C)N(C)C(=O)[C@@H]1C[C@@H](O)CN1C(=O)[C@@H](O)C(C)C)C(C)C. The van der Waals surface area contributed by atoms with E-state index in [1.54, 1.807) is 107 Å². The molecule has 25 heteroatoms. The number of aliphatic hydroxyl groups excluding tert-OH is 2. The fourth-order valence-electron chi connectivity index (χ4n) is 10.4. The first-order chi connectivity index (χ1) is 38.5. The van der Waals surface area contributed by atoms with Crippen molar-refractivity contribution in [3.8, 4) is 5.75 Å². The van der Waals surface area contributed by atoms with Crippen LogP contribution in [-0.2, 0) is 59.2 Å². The molecule has 468 valence electrons. The maximum absolute atomic E-state index is 14.9. The number of carboxylic acids is 2. The van der Waals surface area contributed by atoms with Crippen molar-refractivity contribution < 1.29 is 77.9 Å². The average Bonchev–Trinajstić information content (AvgIpc) is 4.00. The minimum absolute atomic E-state index is 0.0629. The largest absolute Gasteiger partial charge is 0.497 e. The molecule has 0 spiro atoms. The predicted octanol–water partition coefficient (Wildman–Crippen LogP) is 1.06. The Morgan fingerprint density at radius 1 is 0.627 bits per heavy atom. The van der Waals surface area contributed by atoms with Gasteiger partial charge in [0.15, 0.2) is 0 Å². The van der Waals surface area contributed by atoms with Crippen LogP contribution < -0.4 is 20.7 Å². The lowest BCUT2D eigenvalue weighted by atomic mass is 9.92. The van der Waals surface area contributed by atoms with Crippen LogP contribution in [0.25, 0.3) is 0 Å². The van der Waals surface area contributed by atoms with Gasteiger partial charge in [0.05, 0.1) is 26.2 Å². The van der Waals surface area contributed by atoms with E-state index in [0.29, 0.717) is 24.2 Å². The Morgan fingerprint density at radius 3 is 1.60 bits per heavy atom. The van der Waals surface area contributed by atoms with Crippen molar-refractivity contribution in [3.05, 3.63) is 29.8 Å². The van der Waals surface area contributed by atoms with Gasteiger partial charge in [0.2, 0.25) is 47.3 Å². The molecule has 12 atom stereocenters. The van der Waals surface area contributed by atoms with Crippen LogP contribution in [0.3, 0.4) is 0 Å². The van der Waals surface area contributed by atoms with Gasteiger partial charge in [0.1, 0.15) is 60.2 Å².